The van der Waals surface area contributed by atoms with Gasteiger partial charge in [-0.25, -0.2) is 4.39 Å². The third kappa shape index (κ3) is 2.19. The minimum Gasteiger partial charge on any atom is -0.497 e. The highest BCUT2D eigenvalue weighted by molar-refractivity contribution is 5.37. The van der Waals surface area contributed by atoms with Crippen LogP contribution in [0.25, 0.3) is 0 Å². The fraction of sp³-hybridized carbons (Fsp3) is 0.538. The van der Waals surface area contributed by atoms with Crippen molar-refractivity contribution in [1.82, 2.24) is 5.32 Å². The van der Waals surface area contributed by atoms with Crippen LogP contribution in [0, 0.1) is 12.7 Å². The Balaban J connectivity index is 2.33. The molecule has 1 fully saturated rings. The molecule has 1 aromatic carbocycles. The summed E-state index contributed by atoms with van der Waals surface area (Å²) in [6.45, 7) is 2.75. The Kier molecular flexibility index (Phi) is 3.44. The molecule has 1 heterocycles. The minimum absolute atomic E-state index is 0.0970. The van der Waals surface area contributed by atoms with Crippen molar-refractivity contribution in [3.63, 3.8) is 0 Å². The molecule has 0 spiro atoms. The van der Waals surface area contributed by atoms with Gasteiger partial charge in [-0.2, -0.15) is 0 Å². The first-order valence-corrected chi connectivity index (χ1v) is 5.80. The molecule has 2 rings (SSSR count). The predicted octanol–water partition coefficient (Wildman–Crippen LogP) is 2.96. The molecule has 16 heavy (non-hydrogen) atoms. The molecule has 1 N–H and O–H groups in total. The van der Waals surface area contributed by atoms with Crippen molar-refractivity contribution in [1.29, 1.82) is 0 Å². The summed E-state index contributed by atoms with van der Waals surface area (Å²) in [7, 11) is 1.62. The number of ether oxygens (including phenoxy) is 1. The van der Waals surface area contributed by atoms with Crippen LogP contribution in [0.15, 0.2) is 12.1 Å². The lowest BCUT2D eigenvalue weighted by molar-refractivity contribution is 0.388. The summed E-state index contributed by atoms with van der Waals surface area (Å²) < 4.78 is 19.2. The van der Waals surface area contributed by atoms with E-state index in [0.29, 0.717) is 5.56 Å². The first-order chi connectivity index (χ1) is 7.72. The summed E-state index contributed by atoms with van der Waals surface area (Å²) in [6.07, 6.45) is 3.35. The van der Waals surface area contributed by atoms with Crippen molar-refractivity contribution in [2.45, 2.75) is 32.2 Å². The maximum absolute atomic E-state index is 14.0. The molecule has 0 radical (unpaired) electrons. The van der Waals surface area contributed by atoms with Crippen molar-refractivity contribution >= 4 is 0 Å². The summed E-state index contributed by atoms with van der Waals surface area (Å²) in [6, 6.07) is 3.69. The topological polar surface area (TPSA) is 21.3 Å². The lowest BCUT2D eigenvalue weighted by Crippen LogP contribution is -2.27. The molecule has 0 aliphatic carbocycles. The lowest BCUT2D eigenvalue weighted by atomic mass is 9.95. The smallest absolute Gasteiger partial charge is 0.131 e. The number of nitrogens with one attached hydrogen (secondary N) is 1. The molecule has 1 aromatic rings. The highest BCUT2D eigenvalue weighted by Crippen LogP contribution is 2.30. The van der Waals surface area contributed by atoms with Crippen molar-refractivity contribution in [3.05, 3.63) is 29.1 Å². The number of methoxy groups -OCH3 is 1. The van der Waals surface area contributed by atoms with Crippen LogP contribution in [0.5, 0.6) is 5.75 Å². The van der Waals surface area contributed by atoms with Crippen LogP contribution in [0.4, 0.5) is 4.39 Å². The Labute approximate surface area is 95.8 Å². The highest BCUT2D eigenvalue weighted by Gasteiger charge is 2.20. The van der Waals surface area contributed by atoms with Gasteiger partial charge >= 0.3 is 0 Å². The van der Waals surface area contributed by atoms with E-state index in [1.54, 1.807) is 20.1 Å². The second-order valence-electron chi connectivity index (χ2n) is 4.35. The van der Waals surface area contributed by atoms with Crippen molar-refractivity contribution in [3.8, 4) is 5.75 Å². The van der Waals surface area contributed by atoms with Crippen LogP contribution < -0.4 is 10.1 Å². The van der Waals surface area contributed by atoms with E-state index in [1.807, 2.05) is 6.07 Å². The van der Waals surface area contributed by atoms with Gasteiger partial charge in [-0.15, -0.1) is 0 Å². The van der Waals surface area contributed by atoms with Crippen LogP contribution in [-0.2, 0) is 0 Å². The van der Waals surface area contributed by atoms with Gasteiger partial charge in [0, 0.05) is 11.6 Å². The molecule has 0 amide bonds. The normalized spacial score (nSPS) is 20.8. The van der Waals surface area contributed by atoms with Crippen LogP contribution in [0.3, 0.4) is 0 Å². The third-order valence-corrected chi connectivity index (χ3v) is 3.18. The van der Waals surface area contributed by atoms with E-state index in [4.69, 9.17) is 4.74 Å². The Morgan fingerprint density at radius 3 is 2.81 bits per heavy atom. The molecule has 1 atom stereocenters. The summed E-state index contributed by atoms with van der Waals surface area (Å²) in [5.74, 6) is 0.640. The van der Waals surface area contributed by atoms with Gasteiger partial charge in [0.15, 0.2) is 0 Å². The Bertz CT molecular complexity index is 372. The zero-order valence-corrected chi connectivity index (χ0v) is 9.85. The fourth-order valence-corrected chi connectivity index (χ4v) is 2.25. The van der Waals surface area contributed by atoms with Gasteiger partial charge in [0.05, 0.1) is 7.11 Å². The molecule has 1 aliphatic rings. The van der Waals surface area contributed by atoms with Gasteiger partial charge in [-0.1, -0.05) is 6.42 Å². The monoisotopic (exact) mass is 223 g/mol. The van der Waals surface area contributed by atoms with Crippen molar-refractivity contribution < 1.29 is 9.13 Å². The van der Waals surface area contributed by atoms with Crippen LogP contribution >= 0.6 is 0 Å². The summed E-state index contributed by atoms with van der Waals surface area (Å²) in [4.78, 5) is 0. The van der Waals surface area contributed by atoms with Crippen molar-refractivity contribution in [2.75, 3.05) is 13.7 Å². The van der Waals surface area contributed by atoms with Gasteiger partial charge < -0.3 is 10.1 Å². The Morgan fingerprint density at radius 2 is 2.19 bits per heavy atom. The van der Waals surface area contributed by atoms with E-state index in [1.165, 1.54) is 6.42 Å². The van der Waals surface area contributed by atoms with Crippen LogP contribution in [0.2, 0.25) is 0 Å². The van der Waals surface area contributed by atoms with E-state index in [9.17, 15) is 4.39 Å². The second-order valence-corrected chi connectivity index (χ2v) is 4.35. The van der Waals surface area contributed by atoms with Crippen LogP contribution in [0.1, 0.15) is 36.4 Å². The molecule has 2 nitrogen and oxygen atoms in total. The molecular formula is C13H18FNO. The first-order valence-electron chi connectivity index (χ1n) is 5.80. The van der Waals surface area contributed by atoms with E-state index < -0.39 is 0 Å². The zero-order valence-electron chi connectivity index (χ0n) is 9.85. The van der Waals surface area contributed by atoms with Gasteiger partial charge in [0.2, 0.25) is 0 Å². The van der Waals surface area contributed by atoms with Gasteiger partial charge in [-0.3, -0.25) is 0 Å². The number of rotatable bonds is 2. The largest absolute Gasteiger partial charge is 0.497 e. The van der Waals surface area contributed by atoms with Crippen molar-refractivity contribution in [2.24, 2.45) is 0 Å². The molecule has 3 heteroatoms. The van der Waals surface area contributed by atoms with E-state index >= 15 is 0 Å². The van der Waals surface area contributed by atoms with E-state index in [0.717, 1.165) is 30.7 Å². The SMILES string of the molecule is COc1cc(C)c(F)c(C2CCCCN2)c1. The number of benzene rings is 1. The quantitative estimate of drug-likeness (QED) is 0.832. The molecule has 0 bridgehead atoms. The molecule has 1 saturated heterocycles. The second kappa shape index (κ2) is 4.83. The van der Waals surface area contributed by atoms with Gasteiger partial charge in [0.1, 0.15) is 11.6 Å². The van der Waals surface area contributed by atoms with Crippen LogP contribution in [-0.4, -0.2) is 13.7 Å². The molecule has 0 saturated carbocycles. The average molecular weight is 223 g/mol. The number of piperidine rings is 1. The summed E-state index contributed by atoms with van der Waals surface area (Å²) in [5.41, 5.74) is 1.40. The molecule has 1 unspecified atom stereocenters. The third-order valence-electron chi connectivity index (χ3n) is 3.18. The minimum atomic E-state index is -0.0970. The summed E-state index contributed by atoms with van der Waals surface area (Å²) in [5, 5.41) is 3.36. The molecule has 88 valence electrons. The van der Waals surface area contributed by atoms with E-state index in [-0.39, 0.29) is 11.9 Å². The number of halogens is 1. The van der Waals surface area contributed by atoms with Gasteiger partial charge in [-0.05, 0) is 44.0 Å². The predicted molar refractivity (Wildman–Crippen MR) is 62.3 cm³/mol. The maximum atomic E-state index is 14.0. The fourth-order valence-electron chi connectivity index (χ4n) is 2.25. The first kappa shape index (κ1) is 11.4. The van der Waals surface area contributed by atoms with E-state index in [2.05, 4.69) is 5.32 Å². The molecule has 0 aromatic heterocycles. The Morgan fingerprint density at radius 1 is 1.38 bits per heavy atom. The lowest BCUT2D eigenvalue weighted by Gasteiger charge is -2.25. The highest BCUT2D eigenvalue weighted by atomic mass is 19.1. The number of hydrogen-bond acceptors (Lipinski definition) is 2. The molecular weight excluding hydrogens is 205 g/mol. The standard InChI is InChI=1S/C13H18FNO/c1-9-7-10(16-2)8-11(13(9)14)12-5-3-4-6-15-12/h7-8,12,15H,3-6H2,1-2H3. The molecule has 1 aliphatic heterocycles. The van der Waals surface area contributed by atoms with Gasteiger partial charge in [0.25, 0.3) is 0 Å². The average Bonchev–Trinajstić information content (AvgIpc) is 2.33. The maximum Gasteiger partial charge on any atom is 0.131 e. The zero-order chi connectivity index (χ0) is 11.5. The number of hydrogen-bond donors (Lipinski definition) is 1. The summed E-state index contributed by atoms with van der Waals surface area (Å²) >= 11 is 0. The Hall–Kier alpha value is -1.09. The number of aryl methyl sites for hydroxylation is 1.